The number of benzene rings is 1. The SMILES string of the molecule is Cc1cc(C)c2c(n1)sc1c2ncn2nc(-c3ccc(COc4ccc(Cl)cc4C)o3)nc12. The Hall–Kier alpha value is -3.49. The number of halogens is 1. The van der Waals surface area contributed by atoms with Gasteiger partial charge >= 0.3 is 0 Å². The maximum Gasteiger partial charge on any atom is 0.218 e. The van der Waals surface area contributed by atoms with Gasteiger partial charge in [0.1, 0.15) is 34.0 Å². The zero-order valence-electron chi connectivity index (χ0n) is 18.1. The van der Waals surface area contributed by atoms with Crippen molar-refractivity contribution in [1.29, 1.82) is 0 Å². The van der Waals surface area contributed by atoms with Gasteiger partial charge in [0.2, 0.25) is 5.82 Å². The second-order valence-corrected chi connectivity index (χ2v) is 9.39. The number of furan rings is 1. The minimum atomic E-state index is 0.294. The molecular formula is C24H18ClN5O2S. The van der Waals surface area contributed by atoms with Gasteiger partial charge in [-0.3, -0.25) is 0 Å². The first kappa shape index (κ1) is 20.1. The van der Waals surface area contributed by atoms with Gasteiger partial charge in [-0.25, -0.2) is 19.5 Å². The van der Waals surface area contributed by atoms with Crippen LogP contribution in [0.1, 0.15) is 22.6 Å². The van der Waals surface area contributed by atoms with Crippen LogP contribution in [0.3, 0.4) is 0 Å². The van der Waals surface area contributed by atoms with E-state index in [9.17, 15) is 0 Å². The molecule has 33 heavy (non-hydrogen) atoms. The summed E-state index contributed by atoms with van der Waals surface area (Å²) < 4.78 is 14.5. The van der Waals surface area contributed by atoms with Crippen molar-refractivity contribution in [3.63, 3.8) is 0 Å². The fourth-order valence-electron chi connectivity index (χ4n) is 3.97. The van der Waals surface area contributed by atoms with Gasteiger partial charge in [-0.1, -0.05) is 11.6 Å². The molecule has 0 fully saturated rings. The number of thiophene rings is 1. The van der Waals surface area contributed by atoms with Gasteiger partial charge in [-0.2, -0.15) is 0 Å². The van der Waals surface area contributed by atoms with Crippen molar-refractivity contribution >= 4 is 49.0 Å². The molecule has 5 aromatic heterocycles. The van der Waals surface area contributed by atoms with Gasteiger partial charge in [0, 0.05) is 16.1 Å². The minimum absolute atomic E-state index is 0.294. The van der Waals surface area contributed by atoms with Gasteiger partial charge in [-0.15, -0.1) is 16.4 Å². The van der Waals surface area contributed by atoms with Crippen LogP contribution in [0.25, 0.3) is 37.7 Å². The van der Waals surface area contributed by atoms with Crippen molar-refractivity contribution in [3.05, 3.63) is 70.3 Å². The zero-order chi connectivity index (χ0) is 22.7. The van der Waals surface area contributed by atoms with Crippen molar-refractivity contribution < 1.29 is 9.15 Å². The van der Waals surface area contributed by atoms with E-state index in [2.05, 4.69) is 28.1 Å². The number of aromatic nitrogens is 5. The van der Waals surface area contributed by atoms with E-state index in [1.807, 2.05) is 38.1 Å². The Labute approximate surface area is 197 Å². The van der Waals surface area contributed by atoms with Gasteiger partial charge in [0.15, 0.2) is 11.4 Å². The van der Waals surface area contributed by atoms with Gasteiger partial charge < -0.3 is 9.15 Å². The summed E-state index contributed by atoms with van der Waals surface area (Å²) in [6, 6.07) is 11.3. The van der Waals surface area contributed by atoms with Crippen molar-refractivity contribution in [2.75, 3.05) is 0 Å². The Morgan fingerprint density at radius 1 is 1.06 bits per heavy atom. The fourth-order valence-corrected chi connectivity index (χ4v) is 5.42. The van der Waals surface area contributed by atoms with Gasteiger partial charge in [0.25, 0.3) is 0 Å². The topological polar surface area (TPSA) is 78.3 Å². The molecule has 0 atom stereocenters. The third-order valence-corrected chi connectivity index (χ3v) is 6.79. The molecule has 0 N–H and O–H groups in total. The second-order valence-electron chi connectivity index (χ2n) is 7.95. The van der Waals surface area contributed by atoms with E-state index in [1.165, 1.54) is 0 Å². The standard InChI is InChI=1S/C24H18ClN5O2S/c1-12-9-15(25)4-6-17(12)31-10-16-5-7-18(32-16)22-28-23-21-20(26-11-30(23)29-22)19-13(2)8-14(3)27-24(19)33-21/h4-9,11H,10H2,1-3H3. The van der Waals surface area contributed by atoms with Crippen LogP contribution in [-0.4, -0.2) is 24.6 Å². The zero-order valence-corrected chi connectivity index (χ0v) is 19.7. The highest BCUT2D eigenvalue weighted by Gasteiger charge is 2.18. The third kappa shape index (κ3) is 3.42. The molecule has 9 heteroatoms. The van der Waals surface area contributed by atoms with Crippen molar-refractivity contribution in [2.45, 2.75) is 27.4 Å². The van der Waals surface area contributed by atoms with Crippen LogP contribution in [0.5, 0.6) is 5.75 Å². The molecule has 0 amide bonds. The molecule has 0 radical (unpaired) electrons. The summed E-state index contributed by atoms with van der Waals surface area (Å²) in [5.41, 5.74) is 4.76. The predicted molar refractivity (Wildman–Crippen MR) is 129 cm³/mol. The van der Waals surface area contributed by atoms with Crippen molar-refractivity contribution in [3.8, 4) is 17.3 Å². The average molecular weight is 476 g/mol. The maximum atomic E-state index is 6.02. The Bertz CT molecular complexity index is 1680. The van der Waals surface area contributed by atoms with Crippen molar-refractivity contribution in [2.24, 2.45) is 0 Å². The molecule has 0 bridgehead atoms. The van der Waals surface area contributed by atoms with E-state index in [1.54, 1.807) is 28.2 Å². The highest BCUT2D eigenvalue weighted by atomic mass is 35.5. The lowest BCUT2D eigenvalue weighted by atomic mass is 10.1. The van der Waals surface area contributed by atoms with E-state index < -0.39 is 0 Å². The summed E-state index contributed by atoms with van der Waals surface area (Å²) in [5, 5.41) is 6.33. The first-order valence-corrected chi connectivity index (χ1v) is 11.6. The molecule has 0 aliphatic carbocycles. The fraction of sp³-hybridized carbons (Fsp3) is 0.167. The van der Waals surface area contributed by atoms with E-state index >= 15 is 0 Å². The summed E-state index contributed by atoms with van der Waals surface area (Å²) in [7, 11) is 0. The molecule has 6 rings (SSSR count). The van der Waals surface area contributed by atoms with Crippen LogP contribution in [0.15, 0.2) is 47.1 Å². The first-order valence-electron chi connectivity index (χ1n) is 10.4. The number of ether oxygens (including phenoxy) is 1. The predicted octanol–water partition coefficient (Wildman–Crippen LogP) is 6.30. The van der Waals surface area contributed by atoms with Crippen LogP contribution in [0.4, 0.5) is 0 Å². The average Bonchev–Trinajstić information content (AvgIpc) is 3.48. The molecule has 0 unspecified atom stereocenters. The molecule has 0 aliphatic rings. The molecule has 1 aromatic carbocycles. The van der Waals surface area contributed by atoms with E-state index in [4.69, 9.17) is 25.7 Å². The Balaban J connectivity index is 1.34. The third-order valence-electron chi connectivity index (χ3n) is 5.48. The van der Waals surface area contributed by atoms with E-state index in [-0.39, 0.29) is 0 Å². The number of aryl methyl sites for hydroxylation is 3. The normalized spacial score (nSPS) is 11.8. The first-order chi connectivity index (χ1) is 16.0. The molecule has 0 spiro atoms. The van der Waals surface area contributed by atoms with Crippen LogP contribution in [0.2, 0.25) is 5.02 Å². The molecular weight excluding hydrogens is 458 g/mol. The summed E-state index contributed by atoms with van der Waals surface area (Å²) in [4.78, 5) is 15.1. The van der Waals surface area contributed by atoms with Crippen LogP contribution in [-0.2, 0) is 6.61 Å². The lowest BCUT2D eigenvalue weighted by molar-refractivity contribution is 0.270. The lowest BCUT2D eigenvalue weighted by Crippen LogP contribution is -1.95. The number of pyridine rings is 1. The summed E-state index contributed by atoms with van der Waals surface area (Å²) in [6.45, 7) is 6.34. The van der Waals surface area contributed by atoms with Crippen LogP contribution in [0, 0.1) is 20.8 Å². The Morgan fingerprint density at radius 2 is 1.94 bits per heavy atom. The Kier molecular flexibility index (Phi) is 4.60. The van der Waals surface area contributed by atoms with Crippen molar-refractivity contribution in [1.82, 2.24) is 24.6 Å². The highest BCUT2D eigenvalue weighted by Crippen LogP contribution is 2.36. The molecule has 164 valence electrons. The quantitative estimate of drug-likeness (QED) is 0.297. The summed E-state index contributed by atoms with van der Waals surface area (Å²) in [5.74, 6) is 2.51. The van der Waals surface area contributed by atoms with Crippen LogP contribution >= 0.6 is 22.9 Å². The number of hydrogen-bond acceptors (Lipinski definition) is 7. The molecule has 6 aromatic rings. The number of hydrogen-bond donors (Lipinski definition) is 0. The van der Waals surface area contributed by atoms with Crippen LogP contribution < -0.4 is 4.74 Å². The second kappa shape index (κ2) is 7.54. The monoisotopic (exact) mass is 475 g/mol. The van der Waals surface area contributed by atoms with E-state index in [0.717, 1.165) is 48.7 Å². The molecule has 0 aliphatic heterocycles. The summed E-state index contributed by atoms with van der Waals surface area (Å²) >= 11 is 7.60. The minimum Gasteiger partial charge on any atom is -0.485 e. The number of nitrogens with zero attached hydrogens (tertiary/aromatic N) is 5. The molecule has 5 heterocycles. The highest BCUT2D eigenvalue weighted by molar-refractivity contribution is 7.26. The van der Waals surface area contributed by atoms with Gasteiger partial charge in [-0.05, 0) is 68.3 Å². The number of fused-ring (bicyclic) bond motifs is 5. The maximum absolute atomic E-state index is 6.02. The molecule has 0 saturated heterocycles. The largest absolute Gasteiger partial charge is 0.485 e. The summed E-state index contributed by atoms with van der Waals surface area (Å²) in [6.07, 6.45) is 1.69. The molecule has 7 nitrogen and oxygen atoms in total. The smallest absolute Gasteiger partial charge is 0.218 e. The van der Waals surface area contributed by atoms with E-state index in [0.29, 0.717) is 29.0 Å². The Morgan fingerprint density at radius 3 is 2.79 bits per heavy atom. The van der Waals surface area contributed by atoms with Gasteiger partial charge in [0.05, 0.1) is 5.52 Å². The number of rotatable bonds is 4. The molecule has 0 saturated carbocycles. The lowest BCUT2D eigenvalue weighted by Gasteiger charge is -2.07.